The maximum absolute atomic E-state index is 12.9. The summed E-state index contributed by atoms with van der Waals surface area (Å²) >= 11 is 6.10. The van der Waals surface area contributed by atoms with Gasteiger partial charge in [0, 0.05) is 53.9 Å². The third kappa shape index (κ3) is 4.04. The molecular formula is C24H21ClN4O3. The fourth-order valence-corrected chi connectivity index (χ4v) is 4.13. The number of benzene rings is 1. The molecule has 1 fully saturated rings. The number of hydrogen-bond acceptors (Lipinski definition) is 5. The van der Waals surface area contributed by atoms with E-state index >= 15 is 0 Å². The van der Waals surface area contributed by atoms with Gasteiger partial charge in [0.05, 0.1) is 11.1 Å². The number of anilines is 1. The van der Waals surface area contributed by atoms with Crippen molar-refractivity contribution in [3.05, 3.63) is 70.7 Å². The third-order valence-electron chi connectivity index (χ3n) is 5.57. The van der Waals surface area contributed by atoms with Crippen LogP contribution in [0.5, 0.6) is 0 Å². The molecule has 0 bridgehead atoms. The summed E-state index contributed by atoms with van der Waals surface area (Å²) in [4.78, 5) is 31.4. The fraction of sp³-hybridized carbons (Fsp3) is 0.208. The van der Waals surface area contributed by atoms with E-state index in [0.29, 0.717) is 39.8 Å². The summed E-state index contributed by atoms with van der Waals surface area (Å²) < 4.78 is 5.96. The topological polar surface area (TPSA) is 87.5 Å². The van der Waals surface area contributed by atoms with Crippen LogP contribution in [0.2, 0.25) is 5.02 Å². The minimum atomic E-state index is -0.207. The lowest BCUT2D eigenvalue weighted by atomic mass is 10.1. The zero-order chi connectivity index (χ0) is 22.1. The summed E-state index contributed by atoms with van der Waals surface area (Å²) in [5.74, 6) is 0.851. The second kappa shape index (κ2) is 8.61. The Kier molecular flexibility index (Phi) is 5.51. The molecule has 0 spiro atoms. The van der Waals surface area contributed by atoms with Crippen molar-refractivity contribution < 1.29 is 14.0 Å². The highest BCUT2D eigenvalue weighted by molar-refractivity contribution is 6.36. The Hall–Kier alpha value is -3.42. The number of halogens is 1. The Morgan fingerprint density at radius 2 is 2.03 bits per heavy atom. The summed E-state index contributed by atoms with van der Waals surface area (Å²) in [6.07, 6.45) is 5.86. The van der Waals surface area contributed by atoms with Gasteiger partial charge in [-0.15, -0.1) is 0 Å². The molecule has 1 saturated heterocycles. The van der Waals surface area contributed by atoms with Crippen LogP contribution in [0.15, 0.2) is 53.2 Å². The van der Waals surface area contributed by atoms with Crippen LogP contribution >= 0.6 is 11.6 Å². The van der Waals surface area contributed by atoms with Gasteiger partial charge in [0.2, 0.25) is 0 Å². The number of pyridine rings is 1. The van der Waals surface area contributed by atoms with E-state index in [1.165, 1.54) is 0 Å². The number of carbonyl (C=O) groups excluding carboxylic acids is 2. The number of rotatable bonds is 3. The van der Waals surface area contributed by atoms with Gasteiger partial charge in [0.15, 0.2) is 0 Å². The molecule has 0 atom stereocenters. The molecule has 0 unspecified atom stereocenters. The average molecular weight is 449 g/mol. The molecule has 4 heterocycles. The highest BCUT2D eigenvalue weighted by Crippen LogP contribution is 2.35. The van der Waals surface area contributed by atoms with Gasteiger partial charge in [0.1, 0.15) is 11.5 Å². The SMILES string of the molecule is O=C1Nc2ccc(Cl)cc2C1=Cc1ccc(-c2cncc(C(=O)N3CCCNCC3)c2)o1. The molecule has 162 valence electrons. The van der Waals surface area contributed by atoms with E-state index in [4.69, 9.17) is 16.0 Å². The van der Waals surface area contributed by atoms with Crippen molar-refractivity contribution >= 4 is 40.8 Å². The number of hydrogen-bond donors (Lipinski definition) is 2. The molecular weight excluding hydrogens is 428 g/mol. The average Bonchev–Trinajstić information content (AvgIpc) is 3.27. The van der Waals surface area contributed by atoms with E-state index in [-0.39, 0.29) is 11.8 Å². The van der Waals surface area contributed by atoms with Crippen LogP contribution in [-0.2, 0) is 4.79 Å². The first-order chi connectivity index (χ1) is 15.6. The number of nitrogens with zero attached hydrogens (tertiary/aromatic N) is 2. The number of amides is 2. The predicted octanol–water partition coefficient (Wildman–Crippen LogP) is 3.92. The van der Waals surface area contributed by atoms with Crippen molar-refractivity contribution in [2.75, 3.05) is 31.5 Å². The molecule has 7 nitrogen and oxygen atoms in total. The fourth-order valence-electron chi connectivity index (χ4n) is 3.95. The first-order valence-electron chi connectivity index (χ1n) is 10.5. The van der Waals surface area contributed by atoms with Crippen LogP contribution in [0, 0.1) is 0 Å². The van der Waals surface area contributed by atoms with Crippen LogP contribution in [-0.4, -0.2) is 47.9 Å². The molecule has 2 aromatic heterocycles. The molecule has 5 rings (SSSR count). The molecule has 2 N–H and O–H groups in total. The maximum atomic E-state index is 12.9. The molecule has 1 aromatic carbocycles. The van der Waals surface area contributed by atoms with Crippen molar-refractivity contribution in [2.45, 2.75) is 6.42 Å². The molecule has 2 amide bonds. The molecule has 8 heteroatoms. The monoisotopic (exact) mass is 448 g/mol. The standard InChI is InChI=1S/C24H21ClN4O3/c25-17-2-4-21-19(11-17)20(23(30)28-21)12-18-3-5-22(32-18)15-10-16(14-27-13-15)24(31)29-8-1-6-26-7-9-29/h2-5,10-14,26H,1,6-9H2,(H,28,30). The lowest BCUT2D eigenvalue weighted by Gasteiger charge is -2.19. The number of aromatic nitrogens is 1. The molecule has 32 heavy (non-hydrogen) atoms. The molecule has 2 aliphatic rings. The van der Waals surface area contributed by atoms with E-state index < -0.39 is 0 Å². The van der Waals surface area contributed by atoms with Crippen LogP contribution in [0.25, 0.3) is 23.0 Å². The van der Waals surface area contributed by atoms with Crippen LogP contribution in [0.1, 0.15) is 28.1 Å². The number of carbonyl (C=O) groups is 2. The lowest BCUT2D eigenvalue weighted by Crippen LogP contribution is -2.34. The van der Waals surface area contributed by atoms with Crippen molar-refractivity contribution in [1.29, 1.82) is 0 Å². The molecule has 0 radical (unpaired) electrons. The summed E-state index contributed by atoms with van der Waals surface area (Å²) in [5, 5.41) is 6.68. The van der Waals surface area contributed by atoms with Gasteiger partial charge in [-0.2, -0.15) is 0 Å². The zero-order valence-corrected chi connectivity index (χ0v) is 18.0. The zero-order valence-electron chi connectivity index (χ0n) is 17.2. The summed E-state index contributed by atoms with van der Waals surface area (Å²) in [5.41, 5.74) is 3.17. The second-order valence-corrected chi connectivity index (χ2v) is 8.20. The molecule has 0 saturated carbocycles. The van der Waals surface area contributed by atoms with Crippen LogP contribution in [0.4, 0.5) is 5.69 Å². The third-order valence-corrected chi connectivity index (χ3v) is 5.81. The summed E-state index contributed by atoms with van der Waals surface area (Å²) in [6, 6.07) is 10.6. The second-order valence-electron chi connectivity index (χ2n) is 7.76. The highest BCUT2D eigenvalue weighted by atomic mass is 35.5. The van der Waals surface area contributed by atoms with Crippen molar-refractivity contribution in [3.63, 3.8) is 0 Å². The van der Waals surface area contributed by atoms with Gasteiger partial charge >= 0.3 is 0 Å². The maximum Gasteiger partial charge on any atom is 0.256 e. The van der Waals surface area contributed by atoms with Gasteiger partial charge in [-0.1, -0.05) is 11.6 Å². The van der Waals surface area contributed by atoms with E-state index in [9.17, 15) is 9.59 Å². The smallest absolute Gasteiger partial charge is 0.256 e. The highest BCUT2D eigenvalue weighted by Gasteiger charge is 2.25. The van der Waals surface area contributed by atoms with E-state index in [0.717, 1.165) is 37.3 Å². The predicted molar refractivity (Wildman–Crippen MR) is 123 cm³/mol. The molecule has 0 aliphatic carbocycles. The minimum absolute atomic E-state index is 0.0342. The van der Waals surface area contributed by atoms with E-state index in [1.54, 1.807) is 54.9 Å². The first kappa shape index (κ1) is 20.5. The van der Waals surface area contributed by atoms with Crippen molar-refractivity contribution in [2.24, 2.45) is 0 Å². The van der Waals surface area contributed by atoms with Gasteiger partial charge in [-0.3, -0.25) is 14.6 Å². The van der Waals surface area contributed by atoms with Gasteiger partial charge in [-0.25, -0.2) is 0 Å². The first-order valence-corrected chi connectivity index (χ1v) is 10.8. The quantitative estimate of drug-likeness (QED) is 0.593. The Morgan fingerprint density at radius 3 is 2.94 bits per heavy atom. The Bertz CT molecular complexity index is 1230. The normalized spacial score (nSPS) is 17.2. The number of nitrogens with one attached hydrogen (secondary N) is 2. The van der Waals surface area contributed by atoms with Crippen LogP contribution < -0.4 is 10.6 Å². The number of fused-ring (bicyclic) bond motifs is 1. The van der Waals surface area contributed by atoms with E-state index in [1.807, 2.05) is 4.90 Å². The summed E-state index contributed by atoms with van der Waals surface area (Å²) in [6.45, 7) is 3.11. The Balaban J connectivity index is 1.40. The van der Waals surface area contributed by atoms with Gasteiger partial charge in [0.25, 0.3) is 11.8 Å². The van der Waals surface area contributed by atoms with Gasteiger partial charge in [-0.05, 0) is 55.4 Å². The summed E-state index contributed by atoms with van der Waals surface area (Å²) in [7, 11) is 0. The Labute approximate surface area is 190 Å². The molecule has 3 aromatic rings. The lowest BCUT2D eigenvalue weighted by molar-refractivity contribution is -0.110. The van der Waals surface area contributed by atoms with Crippen LogP contribution in [0.3, 0.4) is 0 Å². The molecule has 2 aliphatic heterocycles. The van der Waals surface area contributed by atoms with Gasteiger partial charge < -0.3 is 20.0 Å². The largest absolute Gasteiger partial charge is 0.457 e. The minimum Gasteiger partial charge on any atom is -0.457 e. The Morgan fingerprint density at radius 1 is 1.12 bits per heavy atom. The number of furan rings is 1. The van der Waals surface area contributed by atoms with E-state index in [2.05, 4.69) is 15.6 Å². The van der Waals surface area contributed by atoms with Crippen molar-refractivity contribution in [1.82, 2.24) is 15.2 Å². The van der Waals surface area contributed by atoms with Crippen molar-refractivity contribution in [3.8, 4) is 11.3 Å².